The molecule has 15 heavy (non-hydrogen) atoms. The highest BCUT2D eigenvalue weighted by Gasteiger charge is 2.26. The van der Waals surface area contributed by atoms with Crippen molar-refractivity contribution < 1.29 is 14.3 Å². The van der Waals surface area contributed by atoms with Crippen molar-refractivity contribution >= 4 is 11.9 Å². The zero-order chi connectivity index (χ0) is 11.8. The second-order valence-electron chi connectivity index (χ2n) is 3.14. The van der Waals surface area contributed by atoms with E-state index in [-0.39, 0.29) is 11.9 Å². The predicted molar refractivity (Wildman–Crippen MR) is 58.3 cm³/mol. The number of hydrogen-bond acceptors (Lipinski definition) is 3. The molecule has 1 atom stereocenters. The van der Waals surface area contributed by atoms with Gasteiger partial charge in [-0.25, -0.2) is 4.79 Å². The molecule has 0 aromatic carbocycles. The van der Waals surface area contributed by atoms with E-state index in [1.165, 1.54) is 11.8 Å². The van der Waals surface area contributed by atoms with Crippen molar-refractivity contribution in [3.05, 3.63) is 12.7 Å². The number of esters is 1. The Hall–Kier alpha value is -1.32. The van der Waals surface area contributed by atoms with Crippen LogP contribution in [0.15, 0.2) is 12.7 Å². The number of amides is 1. The van der Waals surface area contributed by atoms with E-state index in [4.69, 9.17) is 4.74 Å². The lowest BCUT2D eigenvalue weighted by Gasteiger charge is -2.27. The minimum atomic E-state index is -0.500. The van der Waals surface area contributed by atoms with E-state index < -0.39 is 6.04 Å². The Labute approximate surface area is 90.9 Å². The van der Waals surface area contributed by atoms with Crippen molar-refractivity contribution in [2.24, 2.45) is 0 Å². The van der Waals surface area contributed by atoms with Gasteiger partial charge in [-0.1, -0.05) is 13.0 Å². The Bertz CT molecular complexity index is 238. The average Bonchev–Trinajstić information content (AvgIpc) is 2.18. The third kappa shape index (κ3) is 4.14. The maximum atomic E-state index is 11.5. The second kappa shape index (κ2) is 7.04. The van der Waals surface area contributed by atoms with Crippen LogP contribution in [-0.2, 0) is 14.3 Å². The molecule has 0 rings (SSSR count). The van der Waals surface area contributed by atoms with Crippen molar-refractivity contribution in [2.45, 2.75) is 33.2 Å². The van der Waals surface area contributed by atoms with Crippen molar-refractivity contribution in [2.75, 3.05) is 13.2 Å². The highest BCUT2D eigenvalue weighted by Crippen LogP contribution is 2.07. The highest BCUT2D eigenvalue weighted by atomic mass is 16.5. The summed E-state index contributed by atoms with van der Waals surface area (Å²) in [6.07, 6.45) is 2.15. The van der Waals surface area contributed by atoms with Crippen LogP contribution in [0.25, 0.3) is 0 Å². The van der Waals surface area contributed by atoms with Crippen LogP contribution in [0, 0.1) is 0 Å². The molecular formula is C11H19NO3. The molecule has 0 bridgehead atoms. The summed E-state index contributed by atoms with van der Waals surface area (Å²) in [6.45, 7) is 9.29. The van der Waals surface area contributed by atoms with Crippen molar-refractivity contribution in [3.8, 4) is 0 Å². The van der Waals surface area contributed by atoms with Gasteiger partial charge in [-0.3, -0.25) is 4.79 Å². The zero-order valence-corrected chi connectivity index (χ0v) is 9.66. The quantitative estimate of drug-likeness (QED) is 0.494. The van der Waals surface area contributed by atoms with Gasteiger partial charge in [-0.2, -0.15) is 0 Å². The van der Waals surface area contributed by atoms with Crippen LogP contribution in [-0.4, -0.2) is 36.0 Å². The maximum absolute atomic E-state index is 11.5. The zero-order valence-electron chi connectivity index (χ0n) is 9.66. The smallest absolute Gasteiger partial charge is 0.328 e. The van der Waals surface area contributed by atoms with Crippen molar-refractivity contribution in [3.63, 3.8) is 0 Å². The second-order valence-corrected chi connectivity index (χ2v) is 3.14. The van der Waals surface area contributed by atoms with Gasteiger partial charge in [0.1, 0.15) is 6.04 Å². The van der Waals surface area contributed by atoms with E-state index in [2.05, 4.69) is 6.58 Å². The summed E-state index contributed by atoms with van der Waals surface area (Å²) >= 11 is 0. The first kappa shape index (κ1) is 13.7. The lowest BCUT2D eigenvalue weighted by Crippen LogP contribution is -2.44. The normalized spacial score (nSPS) is 11.7. The molecule has 4 nitrogen and oxygen atoms in total. The maximum Gasteiger partial charge on any atom is 0.328 e. The molecule has 0 fully saturated rings. The van der Waals surface area contributed by atoms with E-state index in [0.29, 0.717) is 19.6 Å². The van der Waals surface area contributed by atoms with E-state index >= 15 is 0 Å². The van der Waals surface area contributed by atoms with Crippen LogP contribution in [0.4, 0.5) is 0 Å². The average molecular weight is 213 g/mol. The molecule has 1 unspecified atom stereocenters. The number of hydrogen-bond donors (Lipinski definition) is 0. The van der Waals surface area contributed by atoms with Gasteiger partial charge in [0.05, 0.1) is 6.61 Å². The van der Waals surface area contributed by atoms with Gasteiger partial charge in [0.2, 0.25) is 5.91 Å². The van der Waals surface area contributed by atoms with E-state index in [1.54, 1.807) is 13.0 Å². The lowest BCUT2D eigenvalue weighted by molar-refractivity contribution is -0.154. The van der Waals surface area contributed by atoms with Crippen LogP contribution in [0.1, 0.15) is 27.2 Å². The molecule has 0 heterocycles. The summed E-state index contributed by atoms with van der Waals surface area (Å²) in [5.74, 6) is -0.494. The van der Waals surface area contributed by atoms with Crippen LogP contribution >= 0.6 is 0 Å². The number of rotatable bonds is 6. The number of ether oxygens (including phenoxy) is 1. The van der Waals surface area contributed by atoms with Crippen LogP contribution in [0.2, 0.25) is 0 Å². The molecule has 1 amide bonds. The summed E-state index contributed by atoms with van der Waals surface area (Å²) in [7, 11) is 0. The van der Waals surface area contributed by atoms with Gasteiger partial charge >= 0.3 is 5.97 Å². The third-order valence-corrected chi connectivity index (χ3v) is 2.05. The van der Waals surface area contributed by atoms with Gasteiger partial charge in [-0.05, 0) is 13.3 Å². The molecule has 0 N–H and O–H groups in total. The van der Waals surface area contributed by atoms with E-state index in [9.17, 15) is 9.59 Å². The monoisotopic (exact) mass is 213 g/mol. The Morgan fingerprint density at radius 2 is 2.07 bits per heavy atom. The SMILES string of the molecule is C=CCN(C(C)=O)C(CC)C(=O)OCC. The van der Waals surface area contributed by atoms with Gasteiger partial charge in [-0.15, -0.1) is 6.58 Å². The van der Waals surface area contributed by atoms with Gasteiger partial charge < -0.3 is 9.64 Å². The predicted octanol–water partition coefficient (Wildman–Crippen LogP) is 1.36. The molecule has 4 heteroatoms. The minimum Gasteiger partial charge on any atom is -0.464 e. The summed E-state index contributed by atoms with van der Waals surface area (Å²) < 4.78 is 4.91. The number of carbonyl (C=O) groups is 2. The van der Waals surface area contributed by atoms with Gasteiger partial charge in [0.15, 0.2) is 0 Å². The molecule has 0 aromatic rings. The van der Waals surface area contributed by atoms with Gasteiger partial charge in [0.25, 0.3) is 0 Å². The fraction of sp³-hybridized carbons (Fsp3) is 0.636. The fourth-order valence-electron chi connectivity index (χ4n) is 1.37. The standard InChI is InChI=1S/C11H19NO3/c1-5-8-12(9(4)13)10(6-2)11(14)15-7-3/h5,10H,1,6-8H2,2-4H3. The van der Waals surface area contributed by atoms with E-state index in [0.717, 1.165) is 0 Å². The lowest BCUT2D eigenvalue weighted by atomic mass is 10.2. The van der Waals surface area contributed by atoms with Crippen LogP contribution in [0.3, 0.4) is 0 Å². The molecule has 0 aliphatic heterocycles. The third-order valence-electron chi connectivity index (χ3n) is 2.05. The number of nitrogens with zero attached hydrogens (tertiary/aromatic N) is 1. The molecule has 0 saturated heterocycles. The first-order chi connectivity index (χ1) is 7.08. The first-order valence-corrected chi connectivity index (χ1v) is 5.13. The van der Waals surface area contributed by atoms with Crippen LogP contribution in [0.5, 0.6) is 0 Å². The van der Waals surface area contributed by atoms with E-state index in [1.807, 2.05) is 6.92 Å². The van der Waals surface area contributed by atoms with Crippen molar-refractivity contribution in [1.82, 2.24) is 4.90 Å². The molecule has 0 radical (unpaired) electrons. The molecule has 0 aromatic heterocycles. The largest absolute Gasteiger partial charge is 0.464 e. The summed E-state index contributed by atoms with van der Waals surface area (Å²) in [5, 5.41) is 0. The molecule has 0 aliphatic rings. The minimum absolute atomic E-state index is 0.144. The molecule has 0 saturated carbocycles. The fourth-order valence-corrected chi connectivity index (χ4v) is 1.37. The summed E-state index contributed by atoms with van der Waals surface area (Å²) in [4.78, 5) is 24.3. The molecular weight excluding hydrogens is 194 g/mol. The first-order valence-electron chi connectivity index (χ1n) is 5.13. The van der Waals surface area contributed by atoms with Gasteiger partial charge in [0, 0.05) is 13.5 Å². The van der Waals surface area contributed by atoms with Crippen molar-refractivity contribution in [1.29, 1.82) is 0 Å². The number of carbonyl (C=O) groups excluding carboxylic acids is 2. The summed E-state index contributed by atoms with van der Waals surface area (Å²) in [6, 6.07) is -0.500. The Kier molecular flexibility index (Phi) is 6.42. The van der Waals surface area contributed by atoms with Crippen LogP contribution < -0.4 is 0 Å². The Balaban J connectivity index is 4.64. The molecule has 0 spiro atoms. The molecule has 0 aliphatic carbocycles. The highest BCUT2D eigenvalue weighted by molar-refractivity contribution is 5.83. The Morgan fingerprint density at radius 1 is 1.47 bits per heavy atom. The summed E-state index contributed by atoms with van der Waals surface area (Å²) in [5.41, 5.74) is 0. The topological polar surface area (TPSA) is 46.6 Å². The molecule has 86 valence electrons. The Morgan fingerprint density at radius 3 is 2.40 bits per heavy atom.